The van der Waals surface area contributed by atoms with Gasteiger partial charge < -0.3 is 52.4 Å². The van der Waals surface area contributed by atoms with Crippen molar-refractivity contribution < 1.29 is 90.6 Å². The van der Waals surface area contributed by atoms with Gasteiger partial charge in [-0.05, 0) is 120 Å². The van der Waals surface area contributed by atoms with E-state index in [-0.39, 0.29) is 111 Å². The molecule has 0 atom stereocenters. The fraction of sp³-hybridized carbons (Fsp3) is 0.500. The molecule has 3 aliphatic rings. The Morgan fingerprint density at radius 2 is 0.836 bits per heavy atom. The molecule has 2 amide bonds. The van der Waals surface area contributed by atoms with Crippen LogP contribution in [0, 0.1) is 23.7 Å². The summed E-state index contributed by atoms with van der Waals surface area (Å²) in [6.45, 7) is 8.89. The lowest BCUT2D eigenvalue weighted by Gasteiger charge is -2.33. The van der Waals surface area contributed by atoms with Crippen molar-refractivity contribution in [2.45, 2.75) is 84.0 Å². The SMILES string of the molecule is C=CC(=O)OCCCCOC(=O)C1CCC(C(=O)Oc2ccc(OC(=O)N3CCN(C(=O)Oc4ccc(OC(=O)[C@H]5CC[C@H](C(=O)OCCCCOC(=O)C=C)CC5)c(C(C)=O)c4)CC3)cc2C(=O)OC)CC1. The summed E-state index contributed by atoms with van der Waals surface area (Å²) in [4.78, 5) is 128. The van der Waals surface area contributed by atoms with Crippen LogP contribution in [0.25, 0.3) is 0 Å². The quantitative estimate of drug-likeness (QED) is 0.0303. The molecular weight excluding hydrogens is 957 g/mol. The second kappa shape index (κ2) is 28.5. The van der Waals surface area contributed by atoms with Crippen LogP contribution < -0.4 is 18.9 Å². The number of esters is 7. The van der Waals surface area contributed by atoms with Crippen molar-refractivity contribution in [1.29, 1.82) is 0 Å². The van der Waals surface area contributed by atoms with Crippen LogP contribution in [0.3, 0.4) is 0 Å². The first-order chi connectivity index (χ1) is 35.1. The summed E-state index contributed by atoms with van der Waals surface area (Å²) in [6.07, 6.45) is 5.81. The predicted octanol–water partition coefficient (Wildman–Crippen LogP) is 6.52. The minimum Gasteiger partial charge on any atom is -0.465 e. The highest BCUT2D eigenvalue weighted by Gasteiger charge is 2.35. The Morgan fingerprint density at radius 3 is 1.19 bits per heavy atom. The van der Waals surface area contributed by atoms with Crippen molar-refractivity contribution >= 4 is 59.8 Å². The van der Waals surface area contributed by atoms with Gasteiger partial charge in [-0.25, -0.2) is 24.0 Å². The second-order valence-electron chi connectivity index (χ2n) is 17.5. The zero-order valence-electron chi connectivity index (χ0n) is 41.1. The van der Waals surface area contributed by atoms with Gasteiger partial charge in [-0.1, -0.05) is 13.2 Å². The zero-order chi connectivity index (χ0) is 52.9. The lowest BCUT2D eigenvalue weighted by Crippen LogP contribution is -2.52. The summed E-state index contributed by atoms with van der Waals surface area (Å²) in [5.41, 5.74) is -0.153. The van der Waals surface area contributed by atoms with Gasteiger partial charge in [-0.2, -0.15) is 0 Å². The fourth-order valence-corrected chi connectivity index (χ4v) is 8.24. The number of carbonyl (C=O) groups is 10. The number of hydrogen-bond donors (Lipinski definition) is 0. The fourth-order valence-electron chi connectivity index (χ4n) is 8.24. The van der Waals surface area contributed by atoms with Crippen LogP contribution in [0.4, 0.5) is 9.59 Å². The number of nitrogens with zero attached hydrogens (tertiary/aromatic N) is 2. The van der Waals surface area contributed by atoms with Crippen molar-refractivity contribution in [3.8, 4) is 23.0 Å². The highest BCUT2D eigenvalue weighted by molar-refractivity contribution is 5.98. The van der Waals surface area contributed by atoms with Crippen LogP contribution in [0.15, 0.2) is 61.7 Å². The minimum atomic E-state index is -0.850. The van der Waals surface area contributed by atoms with Gasteiger partial charge in [0.15, 0.2) is 5.78 Å². The summed E-state index contributed by atoms with van der Waals surface area (Å²) in [5.74, 6) is -6.15. The van der Waals surface area contributed by atoms with Crippen LogP contribution >= 0.6 is 0 Å². The van der Waals surface area contributed by atoms with E-state index in [9.17, 15) is 47.9 Å². The van der Waals surface area contributed by atoms with Gasteiger partial charge in [0.05, 0.1) is 62.8 Å². The summed E-state index contributed by atoms with van der Waals surface area (Å²) in [7, 11) is 1.14. The van der Waals surface area contributed by atoms with Crippen LogP contribution in [-0.4, -0.2) is 129 Å². The molecule has 2 aliphatic carbocycles. The smallest absolute Gasteiger partial charge is 0.415 e. The molecule has 2 saturated carbocycles. The molecule has 394 valence electrons. The number of Topliss-reactive ketones (excluding diaryl/α,β-unsaturated/α-hetero) is 1. The van der Waals surface area contributed by atoms with Crippen LogP contribution in [-0.2, 0) is 52.5 Å². The van der Waals surface area contributed by atoms with Crippen molar-refractivity contribution in [3.05, 3.63) is 72.8 Å². The Bertz CT molecular complexity index is 2360. The molecule has 0 bridgehead atoms. The van der Waals surface area contributed by atoms with Gasteiger partial charge in [-0.3, -0.25) is 24.0 Å². The highest BCUT2D eigenvalue weighted by Crippen LogP contribution is 2.35. The molecule has 0 unspecified atom stereocenters. The van der Waals surface area contributed by atoms with E-state index in [1.165, 1.54) is 53.1 Å². The van der Waals surface area contributed by atoms with E-state index in [0.29, 0.717) is 77.0 Å². The molecule has 1 aliphatic heterocycles. The number of carbonyl (C=O) groups excluding carboxylic acids is 10. The molecule has 21 heteroatoms. The Kier molecular flexibility index (Phi) is 22.0. The molecule has 0 N–H and O–H groups in total. The number of methoxy groups -OCH3 is 1. The molecule has 0 spiro atoms. The molecule has 1 saturated heterocycles. The molecular formula is C52H62N2O19. The number of unbranched alkanes of at least 4 members (excludes halogenated alkanes) is 2. The van der Waals surface area contributed by atoms with Gasteiger partial charge >= 0.3 is 54.0 Å². The topological polar surface area (TPSA) is 260 Å². The Hall–Kier alpha value is -7.58. The van der Waals surface area contributed by atoms with Gasteiger partial charge in [0.2, 0.25) is 0 Å². The van der Waals surface area contributed by atoms with Crippen LogP contribution in [0.1, 0.15) is 105 Å². The lowest BCUT2D eigenvalue weighted by molar-refractivity contribution is -0.152. The maximum absolute atomic E-state index is 13.2. The van der Waals surface area contributed by atoms with Gasteiger partial charge in [0, 0.05) is 38.3 Å². The number of hydrogen-bond acceptors (Lipinski definition) is 19. The molecule has 3 fully saturated rings. The summed E-state index contributed by atoms with van der Waals surface area (Å²) in [6, 6.07) is 7.92. The van der Waals surface area contributed by atoms with E-state index in [0.717, 1.165) is 19.3 Å². The summed E-state index contributed by atoms with van der Waals surface area (Å²) in [5, 5.41) is 0. The number of ketones is 1. The van der Waals surface area contributed by atoms with Gasteiger partial charge in [-0.15, -0.1) is 0 Å². The first-order valence-corrected chi connectivity index (χ1v) is 24.3. The molecule has 1 heterocycles. The third-order valence-corrected chi connectivity index (χ3v) is 12.5. The second-order valence-corrected chi connectivity index (χ2v) is 17.5. The third-order valence-electron chi connectivity index (χ3n) is 12.5. The monoisotopic (exact) mass is 1020 g/mol. The highest BCUT2D eigenvalue weighted by atomic mass is 16.6. The van der Waals surface area contributed by atoms with E-state index < -0.39 is 59.7 Å². The Labute approximate surface area is 422 Å². The standard InChI is InChI=1S/C52H62N2O19/c1-5-44(56)66-27-7-9-29-68-46(58)34-11-15-36(16-12-34)48(60)72-42-21-19-38(31-40(42)33(3)55)70-51(63)53-23-25-54(26-24-53)52(64)71-39-20-22-43(41(32-39)50(62)65-4)73-49(61)37-17-13-35(14-18-37)47(59)69-30-10-8-28-67-45(57)6-2/h5-6,19-22,31-32,34-37H,1-2,7-18,23-30H2,3-4H3/t34-,35?,36-,37?. The third kappa shape index (κ3) is 17.3. The normalized spacial score (nSPS) is 18.4. The van der Waals surface area contributed by atoms with Crippen LogP contribution in [0.2, 0.25) is 0 Å². The molecule has 21 nitrogen and oxygen atoms in total. The van der Waals surface area contributed by atoms with E-state index in [1.54, 1.807) is 0 Å². The Morgan fingerprint density at radius 1 is 0.493 bits per heavy atom. The maximum Gasteiger partial charge on any atom is 0.415 e. The molecule has 5 rings (SSSR count). The summed E-state index contributed by atoms with van der Waals surface area (Å²) >= 11 is 0. The molecule has 0 aromatic heterocycles. The van der Waals surface area contributed by atoms with Gasteiger partial charge in [0.1, 0.15) is 28.6 Å². The predicted molar refractivity (Wildman–Crippen MR) is 254 cm³/mol. The largest absolute Gasteiger partial charge is 0.465 e. The van der Waals surface area contributed by atoms with Crippen LogP contribution in [0.5, 0.6) is 23.0 Å². The number of piperazine rings is 1. The molecule has 0 radical (unpaired) electrons. The van der Waals surface area contributed by atoms with Crippen molar-refractivity contribution in [2.24, 2.45) is 23.7 Å². The summed E-state index contributed by atoms with van der Waals surface area (Å²) < 4.78 is 47.8. The molecule has 2 aromatic carbocycles. The van der Waals surface area contributed by atoms with E-state index in [1.807, 2.05) is 0 Å². The van der Waals surface area contributed by atoms with Crippen molar-refractivity contribution in [1.82, 2.24) is 9.80 Å². The molecule has 73 heavy (non-hydrogen) atoms. The van der Waals surface area contributed by atoms with E-state index >= 15 is 0 Å². The lowest BCUT2D eigenvalue weighted by atomic mass is 9.82. The first kappa shape index (κ1) is 56.3. The van der Waals surface area contributed by atoms with E-state index in [4.69, 9.17) is 42.6 Å². The zero-order valence-corrected chi connectivity index (χ0v) is 41.1. The number of rotatable bonds is 22. The molecule has 2 aromatic rings. The average Bonchev–Trinajstić information content (AvgIpc) is 3.40. The average molecular weight is 1020 g/mol. The van der Waals surface area contributed by atoms with E-state index in [2.05, 4.69) is 13.2 Å². The van der Waals surface area contributed by atoms with Gasteiger partial charge in [0.25, 0.3) is 0 Å². The number of amides is 2. The Balaban J connectivity index is 1.03. The maximum atomic E-state index is 13.2. The van der Waals surface area contributed by atoms with Crippen molar-refractivity contribution in [2.75, 3.05) is 59.7 Å². The minimum absolute atomic E-state index is 0.00799. The van der Waals surface area contributed by atoms with Crippen molar-refractivity contribution in [3.63, 3.8) is 0 Å². The number of benzene rings is 2. The first-order valence-electron chi connectivity index (χ1n) is 24.3. The number of ether oxygens (including phenoxy) is 9.